The van der Waals surface area contributed by atoms with Crippen molar-refractivity contribution in [3.63, 3.8) is 0 Å². The van der Waals surface area contributed by atoms with Crippen LogP contribution in [0.4, 0.5) is 14.5 Å². The van der Waals surface area contributed by atoms with Crippen LogP contribution >= 0.6 is 0 Å². The molecule has 2 heterocycles. The van der Waals surface area contributed by atoms with Gasteiger partial charge in [0, 0.05) is 64.8 Å². The number of carbonyl (C=O) groups excluding carboxylic acids is 11. The van der Waals surface area contributed by atoms with E-state index in [0.29, 0.717) is 10.4 Å². The number of nitrogens with zero attached hydrogens (tertiary/aromatic N) is 2. The average molecular weight is 1130 g/mol. The van der Waals surface area contributed by atoms with Crippen molar-refractivity contribution >= 4 is 89.8 Å². The zero-order valence-electron chi connectivity index (χ0n) is 43.9. The molecule has 0 aromatic heterocycles. The van der Waals surface area contributed by atoms with E-state index < -0.39 is 162 Å². The van der Waals surface area contributed by atoms with Crippen LogP contribution in [0.15, 0.2) is 36.4 Å². The molecule has 0 bridgehead atoms. The van der Waals surface area contributed by atoms with E-state index in [4.69, 9.17) is 52.1 Å². The van der Waals surface area contributed by atoms with Gasteiger partial charge in [-0.15, -0.1) is 0 Å². The predicted molar refractivity (Wildman–Crippen MR) is 260 cm³/mol. The summed E-state index contributed by atoms with van der Waals surface area (Å²) >= 11 is 0. The van der Waals surface area contributed by atoms with Gasteiger partial charge in [-0.25, -0.2) is 13.6 Å². The van der Waals surface area contributed by atoms with Crippen molar-refractivity contribution in [1.82, 2.24) is 4.90 Å². The van der Waals surface area contributed by atoms with Gasteiger partial charge in [0.2, 0.25) is 27.2 Å². The first-order valence-electron chi connectivity index (χ1n) is 23.5. The molecule has 0 saturated carbocycles. The molecule has 0 unspecified atom stereocenters. The van der Waals surface area contributed by atoms with Crippen LogP contribution in [0.25, 0.3) is 0 Å². The maximum Gasteiger partial charge on any atom is 0.340 e. The Balaban J connectivity index is 1.62. The fourth-order valence-corrected chi connectivity index (χ4v) is 11.2. The summed E-state index contributed by atoms with van der Waals surface area (Å²) < 4.78 is 100.0. The quantitative estimate of drug-likeness (QED) is 0.0272. The molecule has 0 aliphatic carbocycles. The van der Waals surface area contributed by atoms with E-state index in [0.717, 1.165) is 64.6 Å². The number of fused-ring (bicyclic) bond motifs is 6. The van der Waals surface area contributed by atoms with Crippen LogP contribution in [-0.4, -0.2) is 158 Å². The third-order valence-corrected chi connectivity index (χ3v) is 14.9. The number of ether oxygens (including phenoxy) is 13. The van der Waals surface area contributed by atoms with Gasteiger partial charge in [-0.05, 0) is 46.8 Å². The number of hydrogen-bond acceptors (Lipinski definition) is 26. The molecular formula is C50H54F2N2O24Si. The second-order valence-electron chi connectivity index (χ2n) is 17.5. The van der Waals surface area contributed by atoms with Gasteiger partial charge in [0.15, 0.2) is 28.7 Å². The molecule has 0 fully saturated rings. The van der Waals surface area contributed by atoms with Crippen molar-refractivity contribution in [2.24, 2.45) is 0 Å². The molecule has 2 aliphatic rings. The minimum Gasteiger partial charge on any atom is -0.489 e. The molecule has 0 atom stereocenters. The Hall–Kier alpha value is -8.57. The topological polar surface area (TPSA) is 314 Å². The summed E-state index contributed by atoms with van der Waals surface area (Å²) in [5.41, 5.74) is -2.99. The number of benzene rings is 3. The molecule has 2 aliphatic heterocycles. The van der Waals surface area contributed by atoms with Crippen molar-refractivity contribution in [1.29, 1.82) is 0 Å². The molecule has 79 heavy (non-hydrogen) atoms. The first-order chi connectivity index (χ1) is 37.2. The van der Waals surface area contributed by atoms with E-state index in [-0.39, 0.29) is 53.4 Å². The highest BCUT2D eigenvalue weighted by atomic mass is 28.3. The number of anilines is 1. The Morgan fingerprint density at radius 3 is 1.33 bits per heavy atom. The fraction of sp³-hybridized carbons (Fsp3) is 0.420. The van der Waals surface area contributed by atoms with E-state index in [9.17, 15) is 52.7 Å². The molecule has 3 aromatic carbocycles. The summed E-state index contributed by atoms with van der Waals surface area (Å²) in [5, 5.41) is 0.631. The van der Waals surface area contributed by atoms with Crippen LogP contribution < -0.4 is 29.5 Å². The van der Waals surface area contributed by atoms with Crippen molar-refractivity contribution in [2.45, 2.75) is 60.2 Å². The Kier molecular flexibility index (Phi) is 21.1. The Morgan fingerprint density at radius 2 is 0.924 bits per heavy atom. The highest BCUT2D eigenvalue weighted by Gasteiger charge is 2.57. The van der Waals surface area contributed by atoms with E-state index in [1.165, 1.54) is 23.1 Å². The maximum absolute atomic E-state index is 16.3. The highest BCUT2D eigenvalue weighted by molar-refractivity contribution is 7.01. The first-order valence-corrected chi connectivity index (χ1v) is 26.5. The van der Waals surface area contributed by atoms with Gasteiger partial charge in [0.25, 0.3) is 0 Å². The van der Waals surface area contributed by atoms with E-state index in [1.807, 2.05) is 0 Å². The maximum atomic E-state index is 16.3. The van der Waals surface area contributed by atoms with E-state index >= 15 is 8.78 Å². The highest BCUT2D eigenvalue weighted by Crippen LogP contribution is 2.52. The van der Waals surface area contributed by atoms with Gasteiger partial charge >= 0.3 is 65.7 Å². The lowest BCUT2D eigenvalue weighted by Gasteiger charge is -2.44. The lowest BCUT2D eigenvalue weighted by molar-refractivity contribution is -0.170. The summed E-state index contributed by atoms with van der Waals surface area (Å²) in [7, 11) is -3.30. The molecule has 0 radical (unpaired) electrons. The van der Waals surface area contributed by atoms with Crippen molar-refractivity contribution in [2.75, 3.05) is 84.6 Å². The fourth-order valence-electron chi connectivity index (χ4n) is 8.04. The van der Waals surface area contributed by atoms with Crippen LogP contribution in [-0.2, 0) is 101 Å². The number of esters is 11. The molecule has 426 valence electrons. The Bertz CT molecular complexity index is 2770. The van der Waals surface area contributed by atoms with Crippen molar-refractivity contribution < 1.29 is 123 Å². The monoisotopic (exact) mass is 1130 g/mol. The minimum atomic E-state index is -3.30. The Labute approximate surface area is 449 Å². The second kappa shape index (κ2) is 27.1. The first kappa shape index (κ1) is 61.3. The summed E-state index contributed by atoms with van der Waals surface area (Å²) in [6, 6.07) is 6.85. The second-order valence-corrected chi connectivity index (χ2v) is 21.8. The standard InChI is InChI=1S/C50H54F2N2O24Si/c1-27(55)68-23-72-45(61)19-53(20-46(62)73-24-69-28(2)56)9-10-66-11-12-67-42-16-34-33(13-39(42)54(21-47(63)74-25-70-29(3)57)22-48(64)75-26-71-30(4)58)49(65)78-50(34)35-14-37(51)40(76-31(5)59)17-43(35)79(7,8)44-18-41(77-32(6)60)38(52)15-36(44)50/h13-18H,9-12,19-26H2,1-8H3. The van der Waals surface area contributed by atoms with Crippen molar-refractivity contribution in [3.8, 4) is 17.2 Å². The largest absolute Gasteiger partial charge is 0.489 e. The normalized spacial score (nSPS) is 13.0. The van der Waals surface area contributed by atoms with Gasteiger partial charge in [-0.2, -0.15) is 0 Å². The van der Waals surface area contributed by atoms with Crippen LogP contribution in [0.3, 0.4) is 0 Å². The Morgan fingerprint density at radius 1 is 0.506 bits per heavy atom. The molecule has 1 spiro atoms. The summed E-state index contributed by atoms with van der Waals surface area (Å²) in [5.74, 6) is -13.4. The van der Waals surface area contributed by atoms with Crippen LogP contribution in [0, 0.1) is 11.6 Å². The van der Waals surface area contributed by atoms with Gasteiger partial charge in [0.1, 0.15) is 33.5 Å². The molecule has 0 saturated heterocycles. The predicted octanol–water partition coefficient (Wildman–Crippen LogP) is 1.17. The summed E-state index contributed by atoms with van der Waals surface area (Å²) in [4.78, 5) is 138. The smallest absolute Gasteiger partial charge is 0.340 e. The van der Waals surface area contributed by atoms with E-state index in [1.54, 1.807) is 13.1 Å². The third kappa shape index (κ3) is 16.2. The number of rotatable bonds is 26. The van der Waals surface area contributed by atoms with Crippen LogP contribution in [0.1, 0.15) is 68.6 Å². The van der Waals surface area contributed by atoms with Crippen LogP contribution in [0.2, 0.25) is 13.1 Å². The van der Waals surface area contributed by atoms with E-state index in [2.05, 4.69) is 9.47 Å². The number of hydrogen-bond donors (Lipinski definition) is 0. The zero-order chi connectivity index (χ0) is 58.4. The lowest BCUT2D eigenvalue weighted by Crippen LogP contribution is -2.63. The molecule has 0 N–H and O–H groups in total. The van der Waals surface area contributed by atoms with Gasteiger partial charge < -0.3 is 66.5 Å². The summed E-state index contributed by atoms with van der Waals surface area (Å²) in [6.45, 7) is 2.81. The molecular weight excluding hydrogens is 1080 g/mol. The SMILES string of the molecule is CC(=O)OCOC(=O)CN(CCOCCOc1cc2c(cc1N(CC(=O)OCOC(C)=O)CC(=O)OCOC(C)=O)C(=O)OC21c2cc(F)c(OC(C)=O)cc2[Si](C)(C)c2cc(OC(C)=O)c(F)cc21)CC(=O)OCOC(C)=O. The summed E-state index contributed by atoms with van der Waals surface area (Å²) in [6.07, 6.45) is 0. The minimum absolute atomic E-state index is 0.0335. The molecule has 0 amide bonds. The number of halogens is 2. The molecule has 3 aromatic rings. The number of carbonyl (C=O) groups is 11. The zero-order valence-corrected chi connectivity index (χ0v) is 44.9. The van der Waals surface area contributed by atoms with Gasteiger partial charge in [-0.3, -0.25) is 52.8 Å². The lowest BCUT2D eigenvalue weighted by atomic mass is 9.78. The van der Waals surface area contributed by atoms with Gasteiger partial charge in [0.05, 0.1) is 37.6 Å². The van der Waals surface area contributed by atoms with Gasteiger partial charge in [-0.1, -0.05) is 13.1 Å². The molecule has 26 nitrogen and oxygen atoms in total. The van der Waals surface area contributed by atoms with Crippen LogP contribution in [0.5, 0.6) is 17.2 Å². The molecule has 5 rings (SSSR count). The van der Waals surface area contributed by atoms with Crippen molar-refractivity contribution in [3.05, 3.63) is 70.3 Å². The average Bonchev–Trinajstić information content (AvgIpc) is 3.72. The third-order valence-electron chi connectivity index (χ3n) is 11.4. The molecule has 29 heteroatoms.